The molecule has 0 spiro atoms. The number of nitrogens with one attached hydrogen (secondary N) is 1. The molecule has 1 aromatic heterocycles. The Morgan fingerprint density at radius 3 is 3.00 bits per heavy atom. The van der Waals surface area contributed by atoms with Crippen molar-refractivity contribution >= 4 is 28.8 Å². The molecule has 3 nitrogen and oxygen atoms in total. The van der Waals surface area contributed by atoms with E-state index in [1.165, 1.54) is 11.9 Å². The van der Waals surface area contributed by atoms with Crippen molar-refractivity contribution in [1.82, 2.24) is 9.71 Å². The number of hydrogen-bond acceptors (Lipinski definition) is 3. The summed E-state index contributed by atoms with van der Waals surface area (Å²) < 4.78 is 2.70. The molecule has 0 saturated heterocycles. The molecular weight excluding hydrogens is 208 g/mol. The van der Waals surface area contributed by atoms with Gasteiger partial charge in [0.05, 0.1) is 5.52 Å². The number of pyridine rings is 1. The zero-order valence-electron chi connectivity index (χ0n) is 8.23. The summed E-state index contributed by atoms with van der Waals surface area (Å²) in [6.07, 6.45) is 3.54. The Hall–Kier alpha value is -1.55. The molecule has 2 rings (SSSR count). The molecule has 0 bridgehead atoms. The third kappa shape index (κ3) is 1.94. The minimum Gasteiger partial charge on any atom is -0.296 e. The number of carbonyl (C=O) groups is 1. The van der Waals surface area contributed by atoms with E-state index < -0.39 is 0 Å². The molecular formula is C11H10N2OS. The lowest BCUT2D eigenvalue weighted by atomic mass is 10.1. The van der Waals surface area contributed by atoms with Gasteiger partial charge in [0.15, 0.2) is 0 Å². The molecule has 0 atom stereocenters. The number of hydrogen-bond donors (Lipinski definition) is 1. The predicted octanol–water partition coefficient (Wildman–Crippen LogP) is 2.24. The number of nitrogens with zero attached hydrogens (tertiary/aromatic N) is 1. The lowest BCUT2D eigenvalue weighted by Crippen LogP contribution is -2.15. The number of fused-ring (bicyclic) bond motifs is 1. The average molecular weight is 218 g/mol. The second kappa shape index (κ2) is 4.31. The Morgan fingerprint density at radius 1 is 1.33 bits per heavy atom. The topological polar surface area (TPSA) is 42.0 Å². The summed E-state index contributed by atoms with van der Waals surface area (Å²) >= 11 is 1.29. The van der Waals surface area contributed by atoms with E-state index in [0.717, 1.165) is 10.9 Å². The van der Waals surface area contributed by atoms with E-state index in [1.54, 1.807) is 12.3 Å². The van der Waals surface area contributed by atoms with Crippen molar-refractivity contribution in [1.29, 1.82) is 0 Å². The minimum atomic E-state index is -0.0823. The lowest BCUT2D eigenvalue weighted by Gasteiger charge is -2.04. The first-order chi connectivity index (χ1) is 7.33. The normalized spacial score (nSPS) is 10.2. The maximum Gasteiger partial charge on any atom is 0.261 e. The second-order valence-corrected chi connectivity index (χ2v) is 3.62. The third-order valence-electron chi connectivity index (χ3n) is 2.09. The molecule has 1 heterocycles. The highest BCUT2D eigenvalue weighted by Crippen LogP contribution is 2.16. The van der Waals surface area contributed by atoms with Crippen LogP contribution in [-0.2, 0) is 0 Å². The Balaban J connectivity index is 2.56. The molecule has 1 amide bonds. The van der Waals surface area contributed by atoms with Crippen LogP contribution >= 0.6 is 11.9 Å². The van der Waals surface area contributed by atoms with E-state index in [9.17, 15) is 4.79 Å². The van der Waals surface area contributed by atoms with Crippen LogP contribution in [0.2, 0.25) is 0 Å². The summed E-state index contributed by atoms with van der Waals surface area (Å²) in [5.74, 6) is -0.0823. The SMILES string of the molecule is CSNC(=O)c1cccc2ncccc12. The van der Waals surface area contributed by atoms with Crippen molar-refractivity contribution in [3.63, 3.8) is 0 Å². The van der Waals surface area contributed by atoms with Crippen LogP contribution in [0.25, 0.3) is 10.9 Å². The molecule has 0 unspecified atom stereocenters. The quantitative estimate of drug-likeness (QED) is 0.786. The zero-order valence-corrected chi connectivity index (χ0v) is 9.04. The summed E-state index contributed by atoms with van der Waals surface area (Å²) in [6.45, 7) is 0. The fraction of sp³-hybridized carbons (Fsp3) is 0.0909. The maximum atomic E-state index is 11.7. The fourth-order valence-corrected chi connectivity index (χ4v) is 1.74. The molecule has 0 aliphatic carbocycles. The number of aromatic nitrogens is 1. The van der Waals surface area contributed by atoms with Gasteiger partial charge >= 0.3 is 0 Å². The molecule has 0 radical (unpaired) electrons. The molecule has 76 valence electrons. The first kappa shape index (κ1) is 9.98. The van der Waals surface area contributed by atoms with Crippen LogP contribution in [0.5, 0.6) is 0 Å². The van der Waals surface area contributed by atoms with Crippen molar-refractivity contribution in [3.05, 3.63) is 42.1 Å². The summed E-state index contributed by atoms with van der Waals surface area (Å²) in [5.41, 5.74) is 1.50. The van der Waals surface area contributed by atoms with Gasteiger partial charge in [0, 0.05) is 23.4 Å². The summed E-state index contributed by atoms with van der Waals surface area (Å²) in [4.78, 5) is 15.9. The van der Waals surface area contributed by atoms with Crippen LogP contribution in [0.3, 0.4) is 0 Å². The molecule has 1 N–H and O–H groups in total. The summed E-state index contributed by atoms with van der Waals surface area (Å²) in [5, 5.41) is 0.881. The van der Waals surface area contributed by atoms with Gasteiger partial charge in [-0.2, -0.15) is 0 Å². The van der Waals surface area contributed by atoms with Crippen LogP contribution < -0.4 is 4.72 Å². The van der Waals surface area contributed by atoms with Crippen LogP contribution in [0.1, 0.15) is 10.4 Å². The van der Waals surface area contributed by atoms with Crippen LogP contribution in [-0.4, -0.2) is 17.1 Å². The molecule has 0 saturated carbocycles. The summed E-state index contributed by atoms with van der Waals surface area (Å²) in [7, 11) is 0. The van der Waals surface area contributed by atoms with Crippen molar-refractivity contribution in [2.45, 2.75) is 0 Å². The second-order valence-electron chi connectivity index (χ2n) is 3.01. The standard InChI is InChI=1S/C11H10N2OS/c1-15-13-11(14)9-4-2-6-10-8(9)5-3-7-12-10/h2-7H,1H3,(H,13,14). The monoisotopic (exact) mass is 218 g/mol. The van der Waals surface area contributed by atoms with E-state index in [-0.39, 0.29) is 5.91 Å². The number of amides is 1. The fourth-order valence-electron chi connectivity index (χ4n) is 1.45. The van der Waals surface area contributed by atoms with Crippen LogP contribution in [0, 0.1) is 0 Å². The third-order valence-corrected chi connectivity index (χ3v) is 2.47. The van der Waals surface area contributed by atoms with Crippen molar-refractivity contribution in [3.8, 4) is 0 Å². The number of carbonyl (C=O) groups excluding carboxylic acids is 1. The van der Waals surface area contributed by atoms with Gasteiger partial charge in [0.1, 0.15) is 0 Å². The Morgan fingerprint density at radius 2 is 2.20 bits per heavy atom. The number of rotatable bonds is 2. The van der Waals surface area contributed by atoms with Crippen LogP contribution in [0.15, 0.2) is 36.5 Å². The number of benzene rings is 1. The van der Waals surface area contributed by atoms with E-state index in [0.29, 0.717) is 5.56 Å². The molecule has 4 heteroatoms. The Labute approximate surface area is 92.0 Å². The first-order valence-corrected chi connectivity index (χ1v) is 5.72. The molecule has 2 aromatic rings. The van der Waals surface area contributed by atoms with E-state index in [4.69, 9.17) is 0 Å². The first-order valence-electron chi connectivity index (χ1n) is 4.50. The zero-order chi connectivity index (χ0) is 10.7. The van der Waals surface area contributed by atoms with Crippen molar-refractivity contribution in [2.75, 3.05) is 6.26 Å². The highest BCUT2D eigenvalue weighted by Gasteiger charge is 2.08. The summed E-state index contributed by atoms with van der Waals surface area (Å²) in [6, 6.07) is 9.26. The van der Waals surface area contributed by atoms with Gasteiger partial charge in [-0.15, -0.1) is 0 Å². The van der Waals surface area contributed by atoms with Gasteiger partial charge in [0.2, 0.25) is 0 Å². The van der Waals surface area contributed by atoms with Gasteiger partial charge in [-0.3, -0.25) is 14.5 Å². The van der Waals surface area contributed by atoms with Gasteiger partial charge in [-0.05, 0) is 18.2 Å². The highest BCUT2D eigenvalue weighted by atomic mass is 32.2. The van der Waals surface area contributed by atoms with Crippen LogP contribution in [0.4, 0.5) is 0 Å². The average Bonchev–Trinajstić information content (AvgIpc) is 2.28. The molecule has 0 fully saturated rings. The van der Waals surface area contributed by atoms with E-state index >= 15 is 0 Å². The van der Waals surface area contributed by atoms with Crippen molar-refractivity contribution in [2.24, 2.45) is 0 Å². The van der Waals surface area contributed by atoms with Gasteiger partial charge in [-0.1, -0.05) is 24.1 Å². The molecule has 0 aliphatic heterocycles. The highest BCUT2D eigenvalue weighted by molar-refractivity contribution is 7.97. The van der Waals surface area contributed by atoms with Gasteiger partial charge < -0.3 is 0 Å². The Bertz CT molecular complexity index is 493. The van der Waals surface area contributed by atoms with Gasteiger partial charge in [0.25, 0.3) is 5.91 Å². The largest absolute Gasteiger partial charge is 0.296 e. The molecule has 1 aromatic carbocycles. The lowest BCUT2D eigenvalue weighted by molar-refractivity contribution is 0.0986. The Kier molecular flexibility index (Phi) is 2.87. The van der Waals surface area contributed by atoms with E-state index in [1.807, 2.05) is 30.5 Å². The van der Waals surface area contributed by atoms with Gasteiger partial charge in [-0.25, -0.2) is 0 Å². The van der Waals surface area contributed by atoms with E-state index in [2.05, 4.69) is 9.71 Å². The minimum absolute atomic E-state index is 0.0823. The predicted molar refractivity (Wildman–Crippen MR) is 62.7 cm³/mol. The molecule has 15 heavy (non-hydrogen) atoms. The molecule has 0 aliphatic rings. The maximum absolute atomic E-state index is 11.7. The smallest absolute Gasteiger partial charge is 0.261 e. The van der Waals surface area contributed by atoms with Crippen molar-refractivity contribution < 1.29 is 4.79 Å².